The van der Waals surface area contributed by atoms with Gasteiger partial charge in [-0.2, -0.15) is 0 Å². The second kappa shape index (κ2) is 11.9. The maximum Gasteiger partial charge on any atom is 0.164 e. The molecule has 0 atom stereocenters. The van der Waals surface area contributed by atoms with Crippen LogP contribution in [-0.2, 0) is 0 Å². The molecule has 8 aromatic carbocycles. The fourth-order valence-electron chi connectivity index (χ4n) is 7.26. The number of hydrogen-bond donors (Lipinski definition) is 0. The minimum atomic E-state index is 0.643. The summed E-state index contributed by atoms with van der Waals surface area (Å²) in [4.78, 5) is 15.1. The lowest BCUT2D eigenvalue weighted by molar-refractivity contribution is 1.07. The van der Waals surface area contributed by atoms with Gasteiger partial charge in [0.1, 0.15) is 0 Å². The zero-order valence-electron chi connectivity index (χ0n) is 27.6. The van der Waals surface area contributed by atoms with E-state index in [2.05, 4.69) is 150 Å². The van der Waals surface area contributed by atoms with Gasteiger partial charge in [0.05, 0.1) is 11.0 Å². The topological polar surface area (TPSA) is 43.6 Å². The summed E-state index contributed by atoms with van der Waals surface area (Å²) in [5, 5.41) is 7.27. The van der Waals surface area contributed by atoms with Crippen molar-refractivity contribution in [3.05, 3.63) is 182 Å². The Hall–Kier alpha value is -6.91. The molecule has 51 heavy (non-hydrogen) atoms. The number of para-hydroxylation sites is 1. The van der Waals surface area contributed by atoms with Crippen molar-refractivity contribution >= 4 is 43.4 Å². The summed E-state index contributed by atoms with van der Waals surface area (Å²) in [7, 11) is 0. The van der Waals surface area contributed by atoms with Crippen LogP contribution >= 0.6 is 0 Å². The number of nitrogens with zero attached hydrogens (tertiary/aromatic N) is 4. The van der Waals surface area contributed by atoms with Crippen molar-refractivity contribution < 1.29 is 0 Å². The van der Waals surface area contributed by atoms with Gasteiger partial charge in [0.25, 0.3) is 0 Å². The van der Waals surface area contributed by atoms with Crippen LogP contribution in [0, 0.1) is 0 Å². The van der Waals surface area contributed by atoms with Crippen LogP contribution in [0.1, 0.15) is 0 Å². The molecule has 0 aliphatic heterocycles. The van der Waals surface area contributed by atoms with E-state index >= 15 is 0 Å². The summed E-state index contributed by atoms with van der Waals surface area (Å²) >= 11 is 0. The first-order valence-electron chi connectivity index (χ1n) is 17.2. The van der Waals surface area contributed by atoms with Gasteiger partial charge < -0.3 is 4.57 Å². The van der Waals surface area contributed by atoms with E-state index in [-0.39, 0.29) is 0 Å². The van der Waals surface area contributed by atoms with Gasteiger partial charge in [-0.1, -0.05) is 140 Å². The van der Waals surface area contributed by atoms with E-state index in [1.54, 1.807) is 0 Å². The highest BCUT2D eigenvalue weighted by molar-refractivity contribution is 6.13. The lowest BCUT2D eigenvalue weighted by Gasteiger charge is -2.12. The van der Waals surface area contributed by atoms with Crippen LogP contribution < -0.4 is 0 Å². The Kier molecular flexibility index (Phi) is 6.78. The van der Waals surface area contributed by atoms with Crippen molar-refractivity contribution in [2.24, 2.45) is 0 Å². The fraction of sp³-hybridized carbons (Fsp3) is 0. The molecule has 2 heterocycles. The number of hydrogen-bond acceptors (Lipinski definition) is 3. The second-order valence-electron chi connectivity index (χ2n) is 12.9. The lowest BCUT2D eigenvalue weighted by atomic mass is 10.0. The van der Waals surface area contributed by atoms with Crippen LogP contribution in [0.15, 0.2) is 182 Å². The number of fused-ring (bicyclic) bond motifs is 5. The molecule has 238 valence electrons. The van der Waals surface area contributed by atoms with Crippen molar-refractivity contribution in [1.29, 1.82) is 0 Å². The minimum absolute atomic E-state index is 0.643. The molecule has 10 aromatic rings. The highest BCUT2D eigenvalue weighted by Crippen LogP contribution is 2.36. The molecule has 2 aromatic heterocycles. The first-order valence-corrected chi connectivity index (χ1v) is 17.2. The van der Waals surface area contributed by atoms with Gasteiger partial charge in [0.15, 0.2) is 17.5 Å². The van der Waals surface area contributed by atoms with E-state index < -0.39 is 0 Å². The third-order valence-corrected chi connectivity index (χ3v) is 9.78. The molecule has 0 saturated heterocycles. The van der Waals surface area contributed by atoms with Crippen LogP contribution in [0.3, 0.4) is 0 Å². The zero-order valence-corrected chi connectivity index (χ0v) is 27.6. The van der Waals surface area contributed by atoms with Gasteiger partial charge >= 0.3 is 0 Å². The largest absolute Gasteiger partial charge is 0.309 e. The Morgan fingerprint density at radius 3 is 1.63 bits per heavy atom. The standard InChI is InChI=1S/C47H30N4/c1-3-12-31(13-4-1)33-18-11-19-38(26-33)46-48-45(32-14-5-2-6-15-32)49-47(50-46)39-23-22-37-28-40(25-24-36(37)27-39)51-43-21-10-9-20-41(43)42-29-34-16-7-8-17-35(34)30-44(42)51/h1-30H. The van der Waals surface area contributed by atoms with Gasteiger partial charge in [0, 0.05) is 33.2 Å². The number of rotatable bonds is 5. The normalized spacial score (nSPS) is 11.5. The summed E-state index contributed by atoms with van der Waals surface area (Å²) < 4.78 is 2.39. The average Bonchev–Trinajstić information content (AvgIpc) is 3.53. The molecule has 4 nitrogen and oxygen atoms in total. The maximum atomic E-state index is 5.07. The van der Waals surface area contributed by atoms with Crippen molar-refractivity contribution in [2.45, 2.75) is 0 Å². The van der Waals surface area contributed by atoms with Gasteiger partial charge in [-0.05, 0) is 75.1 Å². The van der Waals surface area contributed by atoms with Crippen molar-refractivity contribution in [2.75, 3.05) is 0 Å². The molecule has 10 rings (SSSR count). The molecule has 0 aliphatic carbocycles. The van der Waals surface area contributed by atoms with E-state index in [9.17, 15) is 0 Å². The molecule has 4 heteroatoms. The summed E-state index contributed by atoms with van der Waals surface area (Å²) in [5.74, 6) is 1.94. The van der Waals surface area contributed by atoms with Crippen LogP contribution in [-0.4, -0.2) is 19.5 Å². The van der Waals surface area contributed by atoms with Crippen LogP contribution in [0.5, 0.6) is 0 Å². The zero-order chi connectivity index (χ0) is 33.7. The third kappa shape index (κ3) is 5.13. The Morgan fingerprint density at radius 2 is 0.843 bits per heavy atom. The van der Waals surface area contributed by atoms with Gasteiger partial charge in [-0.15, -0.1) is 0 Å². The Labute approximate surface area is 295 Å². The Balaban J connectivity index is 1.10. The second-order valence-corrected chi connectivity index (χ2v) is 12.9. The number of aromatic nitrogens is 4. The van der Waals surface area contributed by atoms with Crippen LogP contribution in [0.2, 0.25) is 0 Å². The monoisotopic (exact) mass is 650 g/mol. The molecule has 0 fully saturated rings. The SMILES string of the molecule is c1ccc(-c2cccc(-c3nc(-c4ccccc4)nc(-c4ccc5cc(-n6c7ccccc7c7cc8ccccc8cc76)ccc5c4)n3)c2)cc1. The predicted octanol–water partition coefficient (Wildman–Crippen LogP) is 11.9. The van der Waals surface area contributed by atoms with E-state index in [1.807, 2.05) is 36.4 Å². The van der Waals surface area contributed by atoms with E-state index in [0.717, 1.165) is 44.3 Å². The van der Waals surface area contributed by atoms with Crippen LogP contribution in [0.4, 0.5) is 0 Å². The highest BCUT2D eigenvalue weighted by atomic mass is 15.0. The molecule has 0 spiro atoms. The summed E-state index contributed by atoms with van der Waals surface area (Å²) in [5.41, 5.74) is 8.64. The molecule has 0 unspecified atom stereocenters. The first-order chi connectivity index (χ1) is 25.2. The third-order valence-electron chi connectivity index (χ3n) is 9.78. The molecule has 0 amide bonds. The van der Waals surface area contributed by atoms with E-state index in [1.165, 1.54) is 32.6 Å². The van der Waals surface area contributed by atoms with Crippen molar-refractivity contribution in [3.63, 3.8) is 0 Å². The molecule has 0 N–H and O–H groups in total. The molecule has 0 radical (unpaired) electrons. The quantitative estimate of drug-likeness (QED) is 0.186. The van der Waals surface area contributed by atoms with E-state index in [0.29, 0.717) is 17.5 Å². The highest BCUT2D eigenvalue weighted by Gasteiger charge is 2.16. The summed E-state index contributed by atoms with van der Waals surface area (Å²) in [6.45, 7) is 0. The van der Waals surface area contributed by atoms with Gasteiger partial charge in [-0.3, -0.25) is 0 Å². The molecule has 0 saturated carbocycles. The molecular weight excluding hydrogens is 621 g/mol. The Bertz CT molecular complexity index is 2910. The first kappa shape index (κ1) is 29.0. The number of benzene rings is 8. The van der Waals surface area contributed by atoms with Gasteiger partial charge in [-0.25, -0.2) is 15.0 Å². The van der Waals surface area contributed by atoms with Crippen LogP contribution in [0.25, 0.3) is 94.3 Å². The average molecular weight is 651 g/mol. The van der Waals surface area contributed by atoms with E-state index in [4.69, 9.17) is 15.0 Å². The Morgan fingerprint density at radius 1 is 0.294 bits per heavy atom. The predicted molar refractivity (Wildman–Crippen MR) is 211 cm³/mol. The lowest BCUT2D eigenvalue weighted by Crippen LogP contribution is -2.00. The van der Waals surface area contributed by atoms with Crippen molar-refractivity contribution in [3.8, 4) is 51.0 Å². The molecule has 0 bridgehead atoms. The summed E-state index contributed by atoms with van der Waals surface area (Å²) in [6, 6.07) is 64.0. The summed E-state index contributed by atoms with van der Waals surface area (Å²) in [6.07, 6.45) is 0. The van der Waals surface area contributed by atoms with Gasteiger partial charge in [0.2, 0.25) is 0 Å². The van der Waals surface area contributed by atoms with Crippen molar-refractivity contribution in [1.82, 2.24) is 19.5 Å². The molecular formula is C47H30N4. The fourth-order valence-corrected chi connectivity index (χ4v) is 7.26. The maximum absolute atomic E-state index is 5.07. The molecule has 0 aliphatic rings. The smallest absolute Gasteiger partial charge is 0.164 e. The minimum Gasteiger partial charge on any atom is -0.309 e.